The zero-order valence-electron chi connectivity index (χ0n) is 11.1. The van der Waals surface area contributed by atoms with Gasteiger partial charge in [-0.2, -0.15) is 0 Å². The lowest BCUT2D eigenvalue weighted by Crippen LogP contribution is -2.29. The largest absolute Gasteiger partial charge is 0.397 e. The number of fused-ring (bicyclic) bond motifs is 1. The van der Waals surface area contributed by atoms with Crippen molar-refractivity contribution < 1.29 is 4.79 Å². The van der Waals surface area contributed by atoms with E-state index in [4.69, 9.17) is 5.73 Å². The van der Waals surface area contributed by atoms with Crippen LogP contribution in [0.1, 0.15) is 28.9 Å². The van der Waals surface area contributed by atoms with Gasteiger partial charge in [0.15, 0.2) is 0 Å². The summed E-state index contributed by atoms with van der Waals surface area (Å²) >= 11 is 1.41. The van der Waals surface area contributed by atoms with Crippen molar-refractivity contribution >= 4 is 33.0 Å². The molecule has 1 aliphatic carbocycles. The van der Waals surface area contributed by atoms with Gasteiger partial charge in [-0.1, -0.05) is 12.2 Å². The summed E-state index contributed by atoms with van der Waals surface area (Å²) in [5.74, 6) is 0.472. The molecule has 1 aliphatic rings. The maximum absolute atomic E-state index is 12.3. The summed E-state index contributed by atoms with van der Waals surface area (Å²) in [7, 11) is 0. The number of aromatic nitrogens is 1. The van der Waals surface area contributed by atoms with Crippen LogP contribution in [0, 0.1) is 5.92 Å². The van der Waals surface area contributed by atoms with E-state index in [1.54, 1.807) is 12.4 Å². The molecule has 2 aromatic heterocycles. The molecule has 1 amide bonds. The van der Waals surface area contributed by atoms with Crippen LogP contribution >= 0.6 is 11.3 Å². The first-order valence-electron chi connectivity index (χ1n) is 6.81. The van der Waals surface area contributed by atoms with E-state index in [0.29, 0.717) is 16.5 Å². The fourth-order valence-electron chi connectivity index (χ4n) is 2.50. The van der Waals surface area contributed by atoms with E-state index < -0.39 is 0 Å². The molecule has 104 valence electrons. The number of carbonyl (C=O) groups is 1. The number of rotatable bonds is 3. The van der Waals surface area contributed by atoms with Gasteiger partial charge in [0.1, 0.15) is 4.88 Å². The summed E-state index contributed by atoms with van der Waals surface area (Å²) in [5, 5.41) is 3.92. The molecule has 3 rings (SSSR count). The van der Waals surface area contributed by atoms with Crippen LogP contribution in [0.25, 0.3) is 10.1 Å². The molecule has 2 aromatic rings. The molecule has 20 heavy (non-hydrogen) atoms. The van der Waals surface area contributed by atoms with E-state index >= 15 is 0 Å². The number of carbonyl (C=O) groups excluding carboxylic acids is 1. The Morgan fingerprint density at radius 3 is 3.15 bits per heavy atom. The van der Waals surface area contributed by atoms with E-state index in [1.165, 1.54) is 11.3 Å². The van der Waals surface area contributed by atoms with E-state index in [0.717, 1.165) is 35.9 Å². The first-order valence-corrected chi connectivity index (χ1v) is 7.62. The van der Waals surface area contributed by atoms with Gasteiger partial charge in [-0.25, -0.2) is 0 Å². The van der Waals surface area contributed by atoms with Crippen LogP contribution in [-0.2, 0) is 0 Å². The topological polar surface area (TPSA) is 68.0 Å². The fourth-order valence-corrected chi connectivity index (χ4v) is 3.50. The van der Waals surface area contributed by atoms with Crippen LogP contribution < -0.4 is 11.1 Å². The molecule has 2 heterocycles. The molecular formula is C15H17N3OS. The molecule has 5 heteroatoms. The highest BCUT2D eigenvalue weighted by molar-refractivity contribution is 7.21. The standard InChI is InChI=1S/C15H17N3OS/c16-13-11-6-7-17-9-12(11)20-14(13)15(19)18-8-10-4-2-1-3-5-10/h1-2,6-7,9-10H,3-5,8,16H2,(H,18,19). The van der Waals surface area contributed by atoms with Gasteiger partial charge in [0, 0.05) is 24.3 Å². The van der Waals surface area contributed by atoms with Crippen LogP contribution in [-0.4, -0.2) is 17.4 Å². The number of anilines is 1. The van der Waals surface area contributed by atoms with Gasteiger partial charge in [-0.3, -0.25) is 9.78 Å². The summed E-state index contributed by atoms with van der Waals surface area (Å²) in [6, 6.07) is 1.85. The molecule has 0 fully saturated rings. The highest BCUT2D eigenvalue weighted by Crippen LogP contribution is 2.32. The quantitative estimate of drug-likeness (QED) is 0.853. The molecule has 0 spiro atoms. The maximum Gasteiger partial charge on any atom is 0.263 e. The first kappa shape index (κ1) is 13.1. The van der Waals surface area contributed by atoms with Crippen LogP contribution in [0.3, 0.4) is 0 Å². The third-order valence-electron chi connectivity index (χ3n) is 3.67. The van der Waals surface area contributed by atoms with Gasteiger partial charge in [0.25, 0.3) is 5.91 Å². The van der Waals surface area contributed by atoms with E-state index in [9.17, 15) is 4.79 Å². The number of amides is 1. The molecule has 0 radical (unpaired) electrons. The van der Waals surface area contributed by atoms with Crippen molar-refractivity contribution in [2.75, 3.05) is 12.3 Å². The van der Waals surface area contributed by atoms with Crippen molar-refractivity contribution in [2.24, 2.45) is 5.92 Å². The summed E-state index contributed by atoms with van der Waals surface area (Å²) < 4.78 is 0.954. The third-order valence-corrected chi connectivity index (χ3v) is 4.82. The molecule has 0 aliphatic heterocycles. The number of thiophene rings is 1. The van der Waals surface area contributed by atoms with Gasteiger partial charge in [0.05, 0.1) is 10.4 Å². The average molecular weight is 287 g/mol. The van der Waals surface area contributed by atoms with Gasteiger partial charge in [-0.15, -0.1) is 11.3 Å². The van der Waals surface area contributed by atoms with Gasteiger partial charge >= 0.3 is 0 Å². The Balaban J connectivity index is 1.72. The van der Waals surface area contributed by atoms with Gasteiger partial charge in [-0.05, 0) is 31.2 Å². The molecule has 0 saturated carbocycles. The zero-order valence-corrected chi connectivity index (χ0v) is 12.0. The Labute approximate surface area is 121 Å². The molecule has 3 N–H and O–H groups in total. The number of nitrogen functional groups attached to an aromatic ring is 1. The highest BCUT2D eigenvalue weighted by atomic mass is 32.1. The molecular weight excluding hydrogens is 270 g/mol. The Bertz CT molecular complexity index is 662. The van der Waals surface area contributed by atoms with Gasteiger partial charge in [0.2, 0.25) is 0 Å². The summed E-state index contributed by atoms with van der Waals surface area (Å²) in [6.07, 6.45) is 11.1. The summed E-state index contributed by atoms with van der Waals surface area (Å²) in [6.45, 7) is 0.717. The summed E-state index contributed by atoms with van der Waals surface area (Å²) in [4.78, 5) is 16.9. The number of hydrogen-bond acceptors (Lipinski definition) is 4. The molecule has 0 aromatic carbocycles. The van der Waals surface area contributed by atoms with Crippen molar-refractivity contribution in [3.63, 3.8) is 0 Å². The maximum atomic E-state index is 12.3. The van der Waals surface area contributed by atoms with Crippen LogP contribution in [0.15, 0.2) is 30.6 Å². The Morgan fingerprint density at radius 1 is 1.50 bits per heavy atom. The summed E-state index contributed by atoms with van der Waals surface area (Å²) in [5.41, 5.74) is 6.62. The number of pyridine rings is 1. The minimum absolute atomic E-state index is 0.0711. The minimum Gasteiger partial charge on any atom is -0.397 e. The Morgan fingerprint density at radius 2 is 2.40 bits per heavy atom. The molecule has 0 bridgehead atoms. The highest BCUT2D eigenvalue weighted by Gasteiger charge is 2.17. The van der Waals surface area contributed by atoms with Crippen molar-refractivity contribution in [3.05, 3.63) is 35.5 Å². The van der Waals surface area contributed by atoms with Crippen molar-refractivity contribution in [1.82, 2.24) is 10.3 Å². The number of nitrogens with two attached hydrogens (primary N) is 1. The molecule has 1 atom stereocenters. The molecule has 4 nitrogen and oxygen atoms in total. The molecule has 1 unspecified atom stereocenters. The SMILES string of the molecule is Nc1c(C(=O)NCC2CC=CCC2)sc2cnccc12. The monoisotopic (exact) mass is 287 g/mol. The fraction of sp³-hybridized carbons (Fsp3) is 0.333. The predicted octanol–water partition coefficient (Wildman–Crippen LogP) is 2.96. The van der Waals surface area contributed by atoms with E-state index in [-0.39, 0.29) is 5.91 Å². The van der Waals surface area contributed by atoms with Crippen LogP contribution in [0.2, 0.25) is 0 Å². The van der Waals surface area contributed by atoms with E-state index in [2.05, 4.69) is 22.5 Å². The number of nitrogens with zero attached hydrogens (tertiary/aromatic N) is 1. The lowest BCUT2D eigenvalue weighted by molar-refractivity contribution is 0.0951. The smallest absolute Gasteiger partial charge is 0.263 e. The number of nitrogens with one attached hydrogen (secondary N) is 1. The van der Waals surface area contributed by atoms with Crippen molar-refractivity contribution in [3.8, 4) is 0 Å². The predicted molar refractivity (Wildman–Crippen MR) is 82.8 cm³/mol. The van der Waals surface area contributed by atoms with E-state index in [1.807, 2.05) is 6.07 Å². The lowest BCUT2D eigenvalue weighted by atomic mass is 9.94. The third kappa shape index (κ3) is 2.54. The van der Waals surface area contributed by atoms with Gasteiger partial charge < -0.3 is 11.1 Å². The molecule has 0 saturated heterocycles. The van der Waals surface area contributed by atoms with Crippen LogP contribution in [0.4, 0.5) is 5.69 Å². The number of allylic oxidation sites excluding steroid dienone is 2. The van der Waals surface area contributed by atoms with Crippen molar-refractivity contribution in [1.29, 1.82) is 0 Å². The number of hydrogen-bond donors (Lipinski definition) is 2. The second-order valence-corrected chi connectivity index (χ2v) is 6.13. The minimum atomic E-state index is -0.0711. The Hall–Kier alpha value is -1.88. The van der Waals surface area contributed by atoms with Crippen molar-refractivity contribution in [2.45, 2.75) is 19.3 Å². The average Bonchev–Trinajstić information content (AvgIpc) is 2.84. The zero-order chi connectivity index (χ0) is 13.9. The first-order chi connectivity index (χ1) is 9.75. The lowest BCUT2D eigenvalue weighted by Gasteiger charge is -2.17. The second-order valence-electron chi connectivity index (χ2n) is 5.08. The Kier molecular flexibility index (Phi) is 3.69. The second kappa shape index (κ2) is 5.63. The normalized spacial score (nSPS) is 18.3. The van der Waals surface area contributed by atoms with Crippen LogP contribution in [0.5, 0.6) is 0 Å².